The minimum absolute atomic E-state index is 0.0340. The van der Waals surface area contributed by atoms with Crippen molar-refractivity contribution >= 4 is 38.2 Å². The van der Waals surface area contributed by atoms with Crippen molar-refractivity contribution in [3.63, 3.8) is 0 Å². The molecule has 0 atom stereocenters. The molecule has 1 aromatic heterocycles. The maximum absolute atomic E-state index is 10.9. The standard InChI is InChI=1S/C12H13BrN4O3S/c1-2-6-14-12-8(15-16-21-12)7-20-10-5-3-4-9(11(10)13)17(18)19/h3-5,14H,2,6-7H2,1H3. The molecule has 0 spiro atoms. The first-order valence-electron chi connectivity index (χ1n) is 6.24. The van der Waals surface area contributed by atoms with Crippen LogP contribution in [0.15, 0.2) is 22.7 Å². The summed E-state index contributed by atoms with van der Waals surface area (Å²) >= 11 is 4.46. The van der Waals surface area contributed by atoms with E-state index in [4.69, 9.17) is 4.74 Å². The Balaban J connectivity index is 2.08. The summed E-state index contributed by atoms with van der Waals surface area (Å²) in [7, 11) is 0. The highest BCUT2D eigenvalue weighted by molar-refractivity contribution is 9.10. The van der Waals surface area contributed by atoms with Crippen LogP contribution in [0, 0.1) is 10.1 Å². The molecule has 0 saturated heterocycles. The second-order valence-corrected chi connectivity index (χ2v) is 5.66. The largest absolute Gasteiger partial charge is 0.486 e. The Bertz CT molecular complexity index is 635. The van der Waals surface area contributed by atoms with Gasteiger partial charge in [-0.1, -0.05) is 17.5 Å². The molecule has 0 amide bonds. The summed E-state index contributed by atoms with van der Waals surface area (Å²) < 4.78 is 9.81. The third-order valence-electron chi connectivity index (χ3n) is 2.60. The second kappa shape index (κ2) is 7.32. The van der Waals surface area contributed by atoms with E-state index < -0.39 is 4.92 Å². The van der Waals surface area contributed by atoms with Crippen molar-refractivity contribution in [2.24, 2.45) is 0 Å². The van der Waals surface area contributed by atoms with E-state index in [-0.39, 0.29) is 12.3 Å². The van der Waals surface area contributed by atoms with E-state index in [1.54, 1.807) is 12.1 Å². The normalized spacial score (nSPS) is 10.4. The molecular weight excluding hydrogens is 360 g/mol. The minimum Gasteiger partial charge on any atom is -0.486 e. The van der Waals surface area contributed by atoms with E-state index in [2.05, 4.69) is 37.8 Å². The highest BCUT2D eigenvalue weighted by Gasteiger charge is 2.17. The first-order valence-corrected chi connectivity index (χ1v) is 7.81. The molecule has 0 aliphatic rings. The van der Waals surface area contributed by atoms with Crippen molar-refractivity contribution in [3.8, 4) is 5.75 Å². The predicted octanol–water partition coefficient (Wildman–Crippen LogP) is 3.61. The Labute approximate surface area is 133 Å². The van der Waals surface area contributed by atoms with Crippen molar-refractivity contribution in [2.45, 2.75) is 20.0 Å². The number of nitro benzene ring substituents is 1. The Hall–Kier alpha value is -1.74. The van der Waals surface area contributed by atoms with Crippen LogP contribution in [0.1, 0.15) is 19.0 Å². The van der Waals surface area contributed by atoms with Crippen LogP contribution in [0.4, 0.5) is 10.7 Å². The summed E-state index contributed by atoms with van der Waals surface area (Å²) in [4.78, 5) is 10.4. The first-order chi connectivity index (χ1) is 10.1. The van der Waals surface area contributed by atoms with Crippen LogP contribution in [0.3, 0.4) is 0 Å². The van der Waals surface area contributed by atoms with Gasteiger partial charge in [0, 0.05) is 24.1 Å². The number of anilines is 1. The average molecular weight is 373 g/mol. The second-order valence-electron chi connectivity index (χ2n) is 4.11. The Morgan fingerprint density at radius 1 is 1.52 bits per heavy atom. The Morgan fingerprint density at radius 3 is 3.05 bits per heavy atom. The van der Waals surface area contributed by atoms with E-state index in [0.717, 1.165) is 18.0 Å². The summed E-state index contributed by atoms with van der Waals surface area (Å²) in [5, 5.41) is 18.9. The highest BCUT2D eigenvalue weighted by atomic mass is 79.9. The Kier molecular flexibility index (Phi) is 5.45. The quantitative estimate of drug-likeness (QED) is 0.589. The van der Waals surface area contributed by atoms with Gasteiger partial charge in [-0.05, 0) is 28.4 Å². The van der Waals surface area contributed by atoms with Gasteiger partial charge in [-0.3, -0.25) is 10.1 Å². The number of halogens is 1. The number of nitrogens with one attached hydrogen (secondary N) is 1. The van der Waals surface area contributed by atoms with Crippen molar-refractivity contribution in [3.05, 3.63) is 38.5 Å². The summed E-state index contributed by atoms with van der Waals surface area (Å²) in [6.45, 7) is 3.09. The van der Waals surface area contributed by atoms with Crippen molar-refractivity contribution in [1.82, 2.24) is 9.59 Å². The van der Waals surface area contributed by atoms with Gasteiger partial charge in [0.1, 0.15) is 27.5 Å². The molecule has 112 valence electrons. The molecule has 7 nitrogen and oxygen atoms in total. The number of hydrogen-bond acceptors (Lipinski definition) is 7. The summed E-state index contributed by atoms with van der Waals surface area (Å²) in [5.74, 6) is 0.402. The van der Waals surface area contributed by atoms with E-state index >= 15 is 0 Å². The van der Waals surface area contributed by atoms with Gasteiger partial charge in [0.05, 0.1) is 4.92 Å². The molecule has 1 aromatic carbocycles. The van der Waals surface area contributed by atoms with Gasteiger partial charge >= 0.3 is 0 Å². The zero-order valence-corrected chi connectivity index (χ0v) is 13.6. The fourth-order valence-corrected chi connectivity index (χ4v) is 2.69. The molecule has 0 fully saturated rings. The molecular formula is C12H13BrN4O3S. The number of aromatic nitrogens is 2. The molecule has 0 aliphatic carbocycles. The van der Waals surface area contributed by atoms with Crippen LogP contribution in [0.5, 0.6) is 5.75 Å². The molecule has 1 N–H and O–H groups in total. The van der Waals surface area contributed by atoms with Crippen LogP contribution in [-0.4, -0.2) is 21.1 Å². The maximum atomic E-state index is 10.9. The van der Waals surface area contributed by atoms with Crippen molar-refractivity contribution in [1.29, 1.82) is 0 Å². The third kappa shape index (κ3) is 3.88. The molecule has 0 aliphatic heterocycles. The zero-order chi connectivity index (χ0) is 15.2. The number of hydrogen-bond donors (Lipinski definition) is 1. The van der Waals surface area contributed by atoms with Crippen molar-refractivity contribution < 1.29 is 9.66 Å². The van der Waals surface area contributed by atoms with E-state index in [9.17, 15) is 10.1 Å². The number of nitro groups is 1. The predicted molar refractivity (Wildman–Crippen MR) is 83.8 cm³/mol. The summed E-state index contributed by atoms with van der Waals surface area (Å²) in [5.41, 5.74) is 0.653. The van der Waals surface area contributed by atoms with Gasteiger partial charge < -0.3 is 10.1 Å². The van der Waals surface area contributed by atoms with Crippen LogP contribution in [0.2, 0.25) is 0 Å². The molecule has 0 unspecified atom stereocenters. The Morgan fingerprint density at radius 2 is 2.33 bits per heavy atom. The molecule has 1 heterocycles. The lowest BCUT2D eigenvalue weighted by atomic mass is 10.3. The average Bonchev–Trinajstić information content (AvgIpc) is 2.91. The van der Waals surface area contributed by atoms with Crippen LogP contribution >= 0.6 is 27.5 Å². The van der Waals surface area contributed by atoms with Crippen LogP contribution in [0.25, 0.3) is 0 Å². The van der Waals surface area contributed by atoms with E-state index in [0.29, 0.717) is 15.9 Å². The van der Waals surface area contributed by atoms with Gasteiger partial charge in [-0.15, -0.1) is 5.10 Å². The van der Waals surface area contributed by atoms with Gasteiger partial charge in [-0.25, -0.2) is 0 Å². The molecule has 0 bridgehead atoms. The topological polar surface area (TPSA) is 90.2 Å². The molecule has 2 aromatic rings. The molecule has 0 saturated carbocycles. The lowest BCUT2D eigenvalue weighted by molar-refractivity contribution is -0.385. The number of nitrogens with zero attached hydrogens (tertiary/aromatic N) is 3. The molecule has 0 radical (unpaired) electrons. The molecule has 2 rings (SSSR count). The first kappa shape index (κ1) is 15.6. The van der Waals surface area contributed by atoms with Gasteiger partial charge in [0.2, 0.25) is 0 Å². The number of rotatable bonds is 7. The van der Waals surface area contributed by atoms with E-state index in [1.165, 1.54) is 17.6 Å². The maximum Gasteiger partial charge on any atom is 0.287 e. The lowest BCUT2D eigenvalue weighted by Crippen LogP contribution is -2.04. The zero-order valence-electron chi connectivity index (χ0n) is 11.2. The minimum atomic E-state index is -0.463. The van der Waals surface area contributed by atoms with Crippen molar-refractivity contribution in [2.75, 3.05) is 11.9 Å². The highest BCUT2D eigenvalue weighted by Crippen LogP contribution is 2.34. The van der Waals surface area contributed by atoms with Gasteiger partial charge in [-0.2, -0.15) is 0 Å². The summed E-state index contributed by atoms with van der Waals surface area (Å²) in [6, 6.07) is 4.65. The van der Waals surface area contributed by atoms with Gasteiger partial charge in [0.15, 0.2) is 0 Å². The lowest BCUT2D eigenvalue weighted by Gasteiger charge is -2.08. The SMILES string of the molecule is CCCNc1snnc1COc1cccc([N+](=O)[O-])c1Br. The number of benzene rings is 1. The van der Waals surface area contributed by atoms with Crippen LogP contribution in [-0.2, 0) is 6.61 Å². The molecule has 21 heavy (non-hydrogen) atoms. The van der Waals surface area contributed by atoms with E-state index in [1.807, 2.05) is 0 Å². The third-order valence-corrected chi connectivity index (χ3v) is 4.12. The van der Waals surface area contributed by atoms with Crippen LogP contribution < -0.4 is 10.1 Å². The smallest absolute Gasteiger partial charge is 0.287 e. The fraction of sp³-hybridized carbons (Fsp3) is 0.333. The number of ether oxygens (including phenoxy) is 1. The fourth-order valence-electron chi connectivity index (χ4n) is 1.57. The van der Waals surface area contributed by atoms with Gasteiger partial charge in [0.25, 0.3) is 5.69 Å². The monoisotopic (exact) mass is 372 g/mol. The summed E-state index contributed by atoms with van der Waals surface area (Å²) in [6.07, 6.45) is 0.995. The molecule has 9 heteroatoms.